The molecule has 19 heavy (non-hydrogen) atoms. The molecule has 0 N–H and O–H groups in total. The van der Waals surface area contributed by atoms with Crippen LogP contribution >= 0.6 is 15.9 Å². The lowest BCUT2D eigenvalue weighted by molar-refractivity contribution is 0.387. The molecule has 106 valence electrons. The van der Waals surface area contributed by atoms with Gasteiger partial charge in [-0.05, 0) is 31.0 Å². The molecule has 1 saturated heterocycles. The van der Waals surface area contributed by atoms with E-state index >= 15 is 0 Å². The number of rotatable bonds is 3. The van der Waals surface area contributed by atoms with Crippen molar-refractivity contribution in [1.82, 2.24) is 4.31 Å². The van der Waals surface area contributed by atoms with Gasteiger partial charge in [-0.1, -0.05) is 28.1 Å². The van der Waals surface area contributed by atoms with Gasteiger partial charge in [-0.25, -0.2) is 8.42 Å². The summed E-state index contributed by atoms with van der Waals surface area (Å²) in [6.45, 7) is 6.83. The normalized spacial score (nSPS) is 17.7. The maximum atomic E-state index is 11.8. The van der Waals surface area contributed by atoms with Crippen molar-refractivity contribution in [2.24, 2.45) is 0 Å². The van der Waals surface area contributed by atoms with Crippen LogP contribution in [0, 0.1) is 13.8 Å². The number of halogens is 1. The SMILES string of the molecule is Cc1cccc(N2CCN(S(=O)(=O)CBr)CC2)c1C. The van der Waals surface area contributed by atoms with E-state index in [-0.39, 0.29) is 4.66 Å². The van der Waals surface area contributed by atoms with E-state index < -0.39 is 10.0 Å². The molecule has 2 rings (SSSR count). The molecule has 0 spiro atoms. The van der Waals surface area contributed by atoms with Gasteiger partial charge in [0.15, 0.2) is 0 Å². The highest BCUT2D eigenvalue weighted by Gasteiger charge is 2.26. The van der Waals surface area contributed by atoms with Gasteiger partial charge >= 0.3 is 0 Å². The van der Waals surface area contributed by atoms with Crippen LogP contribution < -0.4 is 4.90 Å². The molecule has 1 aromatic carbocycles. The van der Waals surface area contributed by atoms with Gasteiger partial charge in [0.1, 0.15) is 4.66 Å². The largest absolute Gasteiger partial charge is 0.369 e. The highest BCUT2D eigenvalue weighted by atomic mass is 79.9. The van der Waals surface area contributed by atoms with E-state index in [1.165, 1.54) is 16.8 Å². The lowest BCUT2D eigenvalue weighted by atomic mass is 10.1. The van der Waals surface area contributed by atoms with Crippen LogP contribution in [0.1, 0.15) is 11.1 Å². The number of sulfonamides is 1. The Balaban J connectivity index is 2.10. The molecular weight excluding hydrogens is 328 g/mol. The highest BCUT2D eigenvalue weighted by molar-refractivity contribution is 9.10. The molecule has 1 aliphatic heterocycles. The summed E-state index contributed by atoms with van der Waals surface area (Å²) >= 11 is 3.04. The standard InChI is InChI=1S/C13H19BrN2O2S/c1-11-4-3-5-13(12(11)2)15-6-8-16(9-7-15)19(17,18)10-14/h3-5H,6-10H2,1-2H3. The van der Waals surface area contributed by atoms with Gasteiger partial charge in [-0.15, -0.1) is 0 Å². The Morgan fingerprint density at radius 3 is 2.37 bits per heavy atom. The molecular formula is C13H19BrN2O2S. The Labute approximate surface area is 123 Å². The molecule has 0 aliphatic carbocycles. The minimum absolute atomic E-state index is 0.00345. The average molecular weight is 347 g/mol. The number of hydrogen-bond donors (Lipinski definition) is 0. The first kappa shape index (κ1) is 14.8. The lowest BCUT2D eigenvalue weighted by Crippen LogP contribution is -2.49. The summed E-state index contributed by atoms with van der Waals surface area (Å²) in [5, 5.41) is 0. The van der Waals surface area contributed by atoms with Gasteiger partial charge in [0, 0.05) is 31.9 Å². The minimum atomic E-state index is -3.12. The molecule has 0 aromatic heterocycles. The van der Waals surface area contributed by atoms with Crippen LogP contribution in [-0.2, 0) is 10.0 Å². The van der Waals surface area contributed by atoms with Crippen LogP contribution in [0.5, 0.6) is 0 Å². The van der Waals surface area contributed by atoms with E-state index in [2.05, 4.69) is 52.9 Å². The summed E-state index contributed by atoms with van der Waals surface area (Å²) in [4.78, 5) is 2.27. The van der Waals surface area contributed by atoms with Gasteiger partial charge in [0.25, 0.3) is 0 Å². The first-order chi connectivity index (χ1) is 8.95. The highest BCUT2D eigenvalue weighted by Crippen LogP contribution is 2.24. The Morgan fingerprint density at radius 1 is 1.16 bits per heavy atom. The third-order valence-corrected chi connectivity index (χ3v) is 6.85. The summed E-state index contributed by atoms with van der Waals surface area (Å²) < 4.78 is 25.1. The van der Waals surface area contributed by atoms with Crippen LogP contribution in [0.2, 0.25) is 0 Å². The Bertz CT molecular complexity index is 552. The van der Waals surface area contributed by atoms with Crippen molar-refractivity contribution in [2.75, 3.05) is 35.7 Å². The van der Waals surface area contributed by atoms with Crippen molar-refractivity contribution in [2.45, 2.75) is 13.8 Å². The molecule has 0 unspecified atom stereocenters. The molecule has 1 fully saturated rings. The van der Waals surface area contributed by atoms with Crippen molar-refractivity contribution in [1.29, 1.82) is 0 Å². The number of piperazine rings is 1. The first-order valence-electron chi connectivity index (χ1n) is 6.30. The van der Waals surface area contributed by atoms with Crippen molar-refractivity contribution in [3.05, 3.63) is 29.3 Å². The van der Waals surface area contributed by atoms with Gasteiger partial charge in [0.05, 0.1) is 0 Å². The third kappa shape index (κ3) is 3.12. The zero-order valence-electron chi connectivity index (χ0n) is 11.3. The maximum Gasteiger partial charge on any atom is 0.224 e. The molecule has 0 atom stereocenters. The quantitative estimate of drug-likeness (QED) is 0.787. The fourth-order valence-electron chi connectivity index (χ4n) is 2.35. The van der Waals surface area contributed by atoms with Gasteiger partial charge in [0.2, 0.25) is 10.0 Å². The second-order valence-electron chi connectivity index (χ2n) is 4.83. The van der Waals surface area contributed by atoms with Gasteiger partial charge < -0.3 is 4.90 Å². The Morgan fingerprint density at radius 2 is 1.79 bits per heavy atom. The second kappa shape index (κ2) is 5.81. The monoisotopic (exact) mass is 346 g/mol. The van der Waals surface area contributed by atoms with Crippen LogP contribution in [0.25, 0.3) is 0 Å². The second-order valence-corrected chi connectivity index (χ2v) is 8.10. The fourth-order valence-corrected chi connectivity index (χ4v) is 4.08. The molecule has 4 nitrogen and oxygen atoms in total. The number of alkyl halides is 1. The zero-order chi connectivity index (χ0) is 14.0. The first-order valence-corrected chi connectivity index (χ1v) is 9.04. The summed E-state index contributed by atoms with van der Waals surface area (Å²) in [5.41, 5.74) is 3.77. The van der Waals surface area contributed by atoms with Crippen molar-refractivity contribution >= 4 is 31.6 Å². The number of hydrogen-bond acceptors (Lipinski definition) is 3. The average Bonchev–Trinajstić information content (AvgIpc) is 2.42. The van der Waals surface area contributed by atoms with E-state index in [1.807, 2.05) is 0 Å². The number of nitrogens with zero attached hydrogens (tertiary/aromatic N) is 2. The predicted octanol–water partition coefficient (Wildman–Crippen LogP) is 2.11. The van der Waals surface area contributed by atoms with E-state index in [4.69, 9.17) is 0 Å². The minimum Gasteiger partial charge on any atom is -0.369 e. The van der Waals surface area contributed by atoms with E-state index in [0.29, 0.717) is 13.1 Å². The predicted molar refractivity (Wildman–Crippen MR) is 82.4 cm³/mol. The Kier molecular flexibility index (Phi) is 4.53. The summed E-state index contributed by atoms with van der Waals surface area (Å²) in [7, 11) is -3.12. The van der Waals surface area contributed by atoms with Gasteiger partial charge in [-0.2, -0.15) is 4.31 Å². The van der Waals surface area contributed by atoms with Crippen LogP contribution in [0.3, 0.4) is 0 Å². The van der Waals surface area contributed by atoms with Crippen molar-refractivity contribution in [3.63, 3.8) is 0 Å². The molecule has 0 bridgehead atoms. The summed E-state index contributed by atoms with van der Waals surface area (Å²) in [6, 6.07) is 6.26. The zero-order valence-corrected chi connectivity index (χ0v) is 13.7. The molecule has 0 saturated carbocycles. The molecule has 1 aliphatic rings. The summed E-state index contributed by atoms with van der Waals surface area (Å²) in [5.74, 6) is 0. The number of aryl methyl sites for hydroxylation is 1. The molecule has 0 amide bonds. The third-order valence-electron chi connectivity index (χ3n) is 3.69. The topological polar surface area (TPSA) is 40.6 Å². The smallest absolute Gasteiger partial charge is 0.224 e. The van der Waals surface area contributed by atoms with E-state index in [0.717, 1.165) is 13.1 Å². The van der Waals surface area contributed by atoms with Crippen molar-refractivity contribution in [3.8, 4) is 0 Å². The van der Waals surface area contributed by atoms with Crippen LogP contribution in [0.4, 0.5) is 5.69 Å². The van der Waals surface area contributed by atoms with Gasteiger partial charge in [-0.3, -0.25) is 0 Å². The molecule has 1 aromatic rings. The lowest BCUT2D eigenvalue weighted by Gasteiger charge is -2.36. The van der Waals surface area contributed by atoms with Crippen LogP contribution in [-0.4, -0.2) is 43.6 Å². The summed E-state index contributed by atoms with van der Waals surface area (Å²) in [6.07, 6.45) is 0. The van der Waals surface area contributed by atoms with E-state index in [9.17, 15) is 8.42 Å². The van der Waals surface area contributed by atoms with Crippen LogP contribution in [0.15, 0.2) is 18.2 Å². The fraction of sp³-hybridized carbons (Fsp3) is 0.538. The van der Waals surface area contributed by atoms with Crippen molar-refractivity contribution < 1.29 is 8.42 Å². The molecule has 1 heterocycles. The maximum absolute atomic E-state index is 11.8. The molecule has 0 radical (unpaired) electrons. The molecule has 6 heteroatoms. The van der Waals surface area contributed by atoms with E-state index in [1.54, 1.807) is 4.31 Å². The number of anilines is 1. The Hall–Kier alpha value is -0.590. The number of benzene rings is 1.